The van der Waals surface area contributed by atoms with Gasteiger partial charge in [0, 0.05) is 6.42 Å². The Balaban J connectivity index is 1.86. The largest absolute Gasteiger partial charge is 0.423 e. The summed E-state index contributed by atoms with van der Waals surface area (Å²) in [6, 6.07) is 9.13. The van der Waals surface area contributed by atoms with Gasteiger partial charge in [-0.2, -0.15) is 0 Å². The summed E-state index contributed by atoms with van der Waals surface area (Å²) in [5, 5.41) is 1.80. The van der Waals surface area contributed by atoms with Crippen LogP contribution in [-0.4, -0.2) is 11.8 Å². The molecule has 1 aromatic heterocycles. The molecule has 0 aliphatic heterocycles. The molecule has 0 unspecified atom stereocenters. The van der Waals surface area contributed by atoms with Gasteiger partial charge in [0.2, 0.25) is 0 Å². The van der Waals surface area contributed by atoms with Crippen molar-refractivity contribution in [2.24, 2.45) is 0 Å². The summed E-state index contributed by atoms with van der Waals surface area (Å²) in [6.07, 6.45) is -0.00112. The number of thiophene rings is 1. The maximum Gasteiger partial charge on any atom is 0.311 e. The summed E-state index contributed by atoms with van der Waals surface area (Å²) in [5.41, 5.74) is 0. The van der Waals surface area contributed by atoms with Crippen LogP contribution in [-0.2, 0) is 4.79 Å². The first-order chi connectivity index (χ1) is 9.16. The van der Waals surface area contributed by atoms with Gasteiger partial charge in [-0.1, -0.05) is 18.2 Å². The Hall–Kier alpha value is -2.01. The van der Waals surface area contributed by atoms with E-state index in [1.807, 2.05) is 0 Å². The number of hydrogen-bond donors (Lipinski definition) is 0. The van der Waals surface area contributed by atoms with Crippen LogP contribution in [0.5, 0.6) is 5.75 Å². The van der Waals surface area contributed by atoms with Crippen LogP contribution < -0.4 is 4.74 Å². The first-order valence-electron chi connectivity index (χ1n) is 5.69. The Morgan fingerprint density at radius 1 is 1.11 bits per heavy atom. The van der Waals surface area contributed by atoms with E-state index in [-0.39, 0.29) is 24.4 Å². The summed E-state index contributed by atoms with van der Waals surface area (Å²) in [7, 11) is 0. The van der Waals surface area contributed by atoms with Crippen LogP contribution in [0.25, 0.3) is 0 Å². The third-order valence-electron chi connectivity index (χ3n) is 2.41. The first kappa shape index (κ1) is 13.4. The number of Topliss-reactive ketones (excluding diaryl/α,β-unsaturated/α-hetero) is 1. The lowest BCUT2D eigenvalue weighted by molar-refractivity contribution is -0.134. The van der Waals surface area contributed by atoms with E-state index in [4.69, 9.17) is 4.74 Å². The molecule has 0 spiro atoms. The fraction of sp³-hybridized carbons (Fsp3) is 0.143. The third-order valence-corrected chi connectivity index (χ3v) is 3.32. The Morgan fingerprint density at radius 2 is 1.89 bits per heavy atom. The number of carbonyl (C=O) groups excluding carboxylic acids is 2. The second kappa shape index (κ2) is 6.24. The predicted octanol–water partition coefficient (Wildman–Crippen LogP) is 3.46. The Kier molecular flexibility index (Phi) is 4.41. The quantitative estimate of drug-likeness (QED) is 0.478. The number of esters is 1. The van der Waals surface area contributed by atoms with Crippen LogP contribution in [0.1, 0.15) is 22.5 Å². The zero-order valence-corrected chi connectivity index (χ0v) is 10.8. The molecule has 2 rings (SSSR count). The van der Waals surface area contributed by atoms with Gasteiger partial charge in [0.15, 0.2) is 17.3 Å². The minimum Gasteiger partial charge on any atom is -0.423 e. The lowest BCUT2D eigenvalue weighted by Crippen LogP contribution is -2.11. The van der Waals surface area contributed by atoms with E-state index in [9.17, 15) is 14.0 Å². The molecule has 0 N–H and O–H groups in total. The van der Waals surface area contributed by atoms with E-state index in [1.54, 1.807) is 23.6 Å². The molecule has 98 valence electrons. The molecule has 1 heterocycles. The molecular weight excluding hydrogens is 267 g/mol. The number of ketones is 1. The lowest BCUT2D eigenvalue weighted by Gasteiger charge is -2.04. The van der Waals surface area contributed by atoms with Gasteiger partial charge in [0.05, 0.1) is 11.3 Å². The second-order valence-electron chi connectivity index (χ2n) is 3.80. The van der Waals surface area contributed by atoms with E-state index in [1.165, 1.54) is 29.5 Å². The highest BCUT2D eigenvalue weighted by Gasteiger charge is 2.13. The Labute approximate surface area is 113 Å². The SMILES string of the molecule is O=C(CCC(=O)c1cccs1)Oc1ccccc1F. The highest BCUT2D eigenvalue weighted by atomic mass is 32.1. The van der Waals surface area contributed by atoms with Crippen LogP contribution in [0.15, 0.2) is 41.8 Å². The summed E-state index contributed by atoms with van der Waals surface area (Å²) in [5.74, 6) is -1.44. The molecule has 3 nitrogen and oxygen atoms in total. The predicted molar refractivity (Wildman–Crippen MR) is 69.9 cm³/mol. The van der Waals surface area contributed by atoms with Crippen molar-refractivity contribution in [2.75, 3.05) is 0 Å². The van der Waals surface area contributed by atoms with Gasteiger partial charge in [-0.25, -0.2) is 4.39 Å². The average Bonchev–Trinajstić information content (AvgIpc) is 2.93. The fourth-order valence-corrected chi connectivity index (χ4v) is 2.17. The van der Waals surface area contributed by atoms with E-state index < -0.39 is 11.8 Å². The number of benzene rings is 1. The summed E-state index contributed by atoms with van der Waals surface area (Å²) < 4.78 is 18.1. The number of hydrogen-bond acceptors (Lipinski definition) is 4. The Morgan fingerprint density at radius 3 is 2.58 bits per heavy atom. The van der Waals surface area contributed by atoms with Crippen LogP contribution in [0.3, 0.4) is 0 Å². The van der Waals surface area contributed by atoms with Crippen LogP contribution in [0.4, 0.5) is 4.39 Å². The maximum absolute atomic E-state index is 13.2. The molecule has 0 amide bonds. The molecule has 0 fully saturated rings. The molecule has 19 heavy (non-hydrogen) atoms. The molecule has 0 atom stereocenters. The van der Waals surface area contributed by atoms with Crippen molar-refractivity contribution >= 4 is 23.1 Å². The van der Waals surface area contributed by atoms with Gasteiger partial charge in [-0.05, 0) is 23.6 Å². The lowest BCUT2D eigenvalue weighted by atomic mass is 10.2. The molecule has 5 heteroatoms. The van der Waals surface area contributed by atoms with Crippen molar-refractivity contribution in [2.45, 2.75) is 12.8 Å². The van der Waals surface area contributed by atoms with Crippen molar-refractivity contribution in [1.29, 1.82) is 0 Å². The zero-order valence-electron chi connectivity index (χ0n) is 9.97. The van der Waals surface area contributed by atoms with Crippen molar-refractivity contribution in [3.63, 3.8) is 0 Å². The molecule has 0 aliphatic carbocycles. The summed E-state index contributed by atoms with van der Waals surface area (Å²) >= 11 is 1.33. The van der Waals surface area contributed by atoms with Crippen molar-refractivity contribution < 1.29 is 18.7 Å². The van der Waals surface area contributed by atoms with Crippen molar-refractivity contribution in [1.82, 2.24) is 0 Å². The second-order valence-corrected chi connectivity index (χ2v) is 4.75. The third kappa shape index (κ3) is 3.72. The normalized spacial score (nSPS) is 10.2. The topological polar surface area (TPSA) is 43.4 Å². The molecule has 2 aromatic rings. The summed E-state index contributed by atoms with van der Waals surface area (Å²) in [6.45, 7) is 0. The highest BCUT2D eigenvalue weighted by Crippen LogP contribution is 2.17. The van der Waals surface area contributed by atoms with Crippen molar-refractivity contribution in [3.8, 4) is 5.75 Å². The van der Waals surface area contributed by atoms with E-state index >= 15 is 0 Å². The minimum atomic E-state index is -0.616. The minimum absolute atomic E-state index is 0.0633. The van der Waals surface area contributed by atoms with Gasteiger partial charge in [-0.15, -0.1) is 11.3 Å². The average molecular weight is 278 g/mol. The number of ether oxygens (including phenoxy) is 1. The zero-order chi connectivity index (χ0) is 13.7. The van der Waals surface area contributed by atoms with Gasteiger partial charge in [0.1, 0.15) is 0 Å². The molecule has 0 saturated carbocycles. The number of carbonyl (C=O) groups is 2. The molecule has 0 radical (unpaired) electrons. The molecule has 0 saturated heterocycles. The van der Waals surface area contributed by atoms with E-state index in [0.717, 1.165) is 0 Å². The van der Waals surface area contributed by atoms with Crippen LogP contribution in [0.2, 0.25) is 0 Å². The number of halogens is 1. The maximum atomic E-state index is 13.2. The number of rotatable bonds is 5. The number of para-hydroxylation sites is 1. The van der Waals surface area contributed by atoms with Gasteiger partial charge in [-0.3, -0.25) is 9.59 Å². The molecule has 0 bridgehead atoms. The van der Waals surface area contributed by atoms with Gasteiger partial charge >= 0.3 is 5.97 Å². The molecule has 1 aromatic carbocycles. The van der Waals surface area contributed by atoms with Crippen LogP contribution >= 0.6 is 11.3 Å². The Bertz CT molecular complexity index is 578. The summed E-state index contributed by atoms with van der Waals surface area (Å²) in [4.78, 5) is 23.8. The van der Waals surface area contributed by atoms with Crippen LogP contribution in [0, 0.1) is 5.82 Å². The molecule has 0 aliphatic rings. The standard InChI is InChI=1S/C14H11FO3S/c15-10-4-1-2-5-12(10)18-14(17)8-7-11(16)13-6-3-9-19-13/h1-6,9H,7-8H2. The molecular formula is C14H11FO3S. The first-order valence-corrected chi connectivity index (χ1v) is 6.56. The highest BCUT2D eigenvalue weighted by molar-refractivity contribution is 7.12. The van der Waals surface area contributed by atoms with E-state index in [2.05, 4.69) is 0 Å². The van der Waals surface area contributed by atoms with E-state index in [0.29, 0.717) is 4.88 Å². The van der Waals surface area contributed by atoms with Gasteiger partial charge in [0.25, 0.3) is 0 Å². The monoisotopic (exact) mass is 278 g/mol. The van der Waals surface area contributed by atoms with Gasteiger partial charge < -0.3 is 4.74 Å². The fourth-order valence-electron chi connectivity index (χ4n) is 1.48. The smallest absolute Gasteiger partial charge is 0.311 e. The van der Waals surface area contributed by atoms with Crippen molar-refractivity contribution in [3.05, 3.63) is 52.5 Å².